The van der Waals surface area contributed by atoms with E-state index < -0.39 is 6.09 Å². The van der Waals surface area contributed by atoms with E-state index in [9.17, 15) is 9.59 Å². The molecule has 1 saturated heterocycles. The number of likely N-dealkylation sites (N-methyl/N-ethyl adjacent to an activating group) is 1. The highest BCUT2D eigenvalue weighted by molar-refractivity contribution is 7.95. The minimum Gasteiger partial charge on any atom is -0.384 e. The molecule has 4 atom stereocenters. The molecule has 170 valence electrons. The van der Waals surface area contributed by atoms with Gasteiger partial charge in [0.25, 0.3) is 0 Å². The maximum atomic E-state index is 12.7. The second kappa shape index (κ2) is 9.16. The topological polar surface area (TPSA) is 85.9 Å². The molecule has 0 bridgehead atoms. The summed E-state index contributed by atoms with van der Waals surface area (Å²) in [6, 6.07) is 4.85. The minimum atomic E-state index is -0.459. The third-order valence-corrected chi connectivity index (χ3v) is 7.59. The van der Waals surface area contributed by atoms with Crippen LogP contribution in [0.15, 0.2) is 17.0 Å². The monoisotopic (exact) mass is 447 g/mol. The van der Waals surface area contributed by atoms with E-state index >= 15 is 0 Å². The van der Waals surface area contributed by atoms with E-state index in [2.05, 4.69) is 40.0 Å². The van der Waals surface area contributed by atoms with Crippen LogP contribution < -0.4 is 16.0 Å². The largest absolute Gasteiger partial charge is 0.419 e. The number of urea groups is 1. The first-order chi connectivity index (χ1) is 14.9. The molecule has 0 radical (unpaired) electrons. The summed E-state index contributed by atoms with van der Waals surface area (Å²) in [7, 11) is 3.73. The lowest BCUT2D eigenvalue weighted by molar-refractivity contribution is 0.108. The van der Waals surface area contributed by atoms with Crippen molar-refractivity contribution < 1.29 is 13.8 Å². The number of piperidine rings is 1. The first-order valence-corrected chi connectivity index (χ1v) is 11.9. The predicted molar refractivity (Wildman–Crippen MR) is 123 cm³/mol. The summed E-state index contributed by atoms with van der Waals surface area (Å²) >= 11 is 1.09. The number of hydrogen-bond acceptors (Lipinski definition) is 6. The van der Waals surface area contributed by atoms with Gasteiger partial charge in [-0.25, -0.2) is 9.59 Å². The van der Waals surface area contributed by atoms with Crippen molar-refractivity contribution in [3.05, 3.63) is 23.3 Å². The van der Waals surface area contributed by atoms with Gasteiger partial charge < -0.3 is 29.9 Å². The molecular weight excluding hydrogens is 414 g/mol. The number of likely N-dealkylation sites (tertiary alicyclic amines) is 1. The molecule has 8 nitrogen and oxygen atoms in total. The van der Waals surface area contributed by atoms with E-state index in [1.165, 1.54) is 11.1 Å². The van der Waals surface area contributed by atoms with Gasteiger partial charge >= 0.3 is 12.1 Å². The number of nitrogens with zero attached hydrogens (tertiary/aromatic N) is 2. The Kier molecular flexibility index (Phi) is 6.52. The molecule has 1 fully saturated rings. The number of carbonyl (C=O) groups excluding carboxylic acids is 2. The van der Waals surface area contributed by atoms with E-state index in [0.29, 0.717) is 31.0 Å². The quantitative estimate of drug-likeness (QED) is 0.601. The van der Waals surface area contributed by atoms with Gasteiger partial charge in [0.05, 0.1) is 16.9 Å². The molecule has 2 heterocycles. The van der Waals surface area contributed by atoms with Crippen LogP contribution >= 0.6 is 12.0 Å². The van der Waals surface area contributed by atoms with Gasteiger partial charge in [0.15, 0.2) is 0 Å². The minimum absolute atomic E-state index is 0.0192. The number of carbonyl (C=O) groups is 2. The summed E-state index contributed by atoms with van der Waals surface area (Å²) in [4.78, 5) is 29.4. The maximum Gasteiger partial charge on any atom is 0.419 e. The number of nitrogens with one attached hydrogen (secondary N) is 3. The molecule has 1 aliphatic carbocycles. The fourth-order valence-electron chi connectivity index (χ4n) is 5.45. The van der Waals surface area contributed by atoms with Crippen LogP contribution in [0.2, 0.25) is 0 Å². The third-order valence-electron chi connectivity index (χ3n) is 6.93. The van der Waals surface area contributed by atoms with Crippen molar-refractivity contribution in [2.75, 3.05) is 45.6 Å². The number of hydrogen-bond donors (Lipinski definition) is 3. The molecule has 1 aromatic rings. The number of fused-ring (bicyclic) bond motifs is 2. The van der Waals surface area contributed by atoms with Gasteiger partial charge in [-0.3, -0.25) is 0 Å². The van der Waals surface area contributed by atoms with Crippen LogP contribution in [-0.4, -0.2) is 74.3 Å². The highest BCUT2D eigenvalue weighted by Gasteiger charge is 2.44. The highest BCUT2D eigenvalue weighted by Crippen LogP contribution is 2.51. The Labute approximate surface area is 188 Å². The number of rotatable bonds is 5. The van der Waals surface area contributed by atoms with Gasteiger partial charge in [0, 0.05) is 62.8 Å². The SMILES string of the molecule is CCN(CC)C(=O)N[C@H]1CC2c3cc(SOC(=O)NC)cc4c3C(CN4)C[C@H]2N(C)C1. The second-order valence-corrected chi connectivity index (χ2v) is 9.46. The molecule has 3 N–H and O–H groups in total. The summed E-state index contributed by atoms with van der Waals surface area (Å²) < 4.78 is 5.23. The smallest absolute Gasteiger partial charge is 0.384 e. The fourth-order valence-corrected chi connectivity index (χ4v) is 6.04. The molecule has 0 saturated carbocycles. The van der Waals surface area contributed by atoms with Gasteiger partial charge in [0.1, 0.15) is 0 Å². The Morgan fingerprint density at radius 3 is 2.77 bits per heavy atom. The summed E-state index contributed by atoms with van der Waals surface area (Å²) in [6.45, 7) is 7.25. The Balaban J connectivity index is 1.58. The van der Waals surface area contributed by atoms with Gasteiger partial charge in [-0.1, -0.05) is 0 Å². The first-order valence-electron chi connectivity index (χ1n) is 11.2. The lowest BCUT2D eigenvalue weighted by Crippen LogP contribution is -2.56. The van der Waals surface area contributed by atoms with E-state index in [1.807, 2.05) is 18.7 Å². The second-order valence-electron chi connectivity index (χ2n) is 8.66. The molecule has 2 unspecified atom stereocenters. The molecule has 1 aromatic carbocycles. The molecule has 4 rings (SSSR count). The summed E-state index contributed by atoms with van der Waals surface area (Å²) in [5.41, 5.74) is 3.90. The predicted octanol–water partition coefficient (Wildman–Crippen LogP) is 3.17. The molecule has 3 amide bonds. The van der Waals surface area contributed by atoms with Gasteiger partial charge in [-0.2, -0.15) is 0 Å². The van der Waals surface area contributed by atoms with E-state index in [1.54, 1.807) is 7.05 Å². The lowest BCUT2D eigenvalue weighted by atomic mass is 9.70. The van der Waals surface area contributed by atoms with Crippen molar-refractivity contribution in [3.63, 3.8) is 0 Å². The van der Waals surface area contributed by atoms with E-state index in [-0.39, 0.29) is 12.1 Å². The van der Waals surface area contributed by atoms with Crippen LogP contribution in [0.3, 0.4) is 0 Å². The van der Waals surface area contributed by atoms with E-state index in [4.69, 9.17) is 4.18 Å². The zero-order valence-corrected chi connectivity index (χ0v) is 19.6. The first kappa shape index (κ1) is 22.1. The lowest BCUT2D eigenvalue weighted by Gasteiger charge is -2.48. The van der Waals surface area contributed by atoms with Crippen molar-refractivity contribution in [1.82, 2.24) is 20.4 Å². The Bertz CT molecular complexity index is 847. The average molecular weight is 448 g/mol. The number of amides is 3. The molecule has 0 aromatic heterocycles. The van der Waals surface area contributed by atoms with E-state index in [0.717, 1.165) is 48.6 Å². The Morgan fingerprint density at radius 2 is 2.06 bits per heavy atom. The summed E-state index contributed by atoms with van der Waals surface area (Å²) in [5.74, 6) is 0.848. The van der Waals surface area contributed by atoms with Crippen LogP contribution in [-0.2, 0) is 4.18 Å². The summed E-state index contributed by atoms with van der Waals surface area (Å²) in [5, 5.41) is 9.30. The fraction of sp³-hybridized carbons (Fsp3) is 0.636. The van der Waals surface area contributed by atoms with Gasteiger partial charge in [0.2, 0.25) is 0 Å². The van der Waals surface area contributed by atoms with Crippen molar-refractivity contribution in [2.45, 2.75) is 55.5 Å². The highest BCUT2D eigenvalue weighted by atomic mass is 32.2. The third kappa shape index (κ3) is 4.30. The van der Waals surface area contributed by atoms with Crippen LogP contribution in [0, 0.1) is 0 Å². The zero-order chi connectivity index (χ0) is 22.1. The Morgan fingerprint density at radius 1 is 1.29 bits per heavy atom. The van der Waals surface area contributed by atoms with Crippen LogP contribution in [0.4, 0.5) is 15.3 Å². The van der Waals surface area contributed by atoms with Crippen molar-refractivity contribution in [1.29, 1.82) is 0 Å². The molecule has 9 heteroatoms. The molecular formula is C22H33N5O3S. The Hall–Kier alpha value is -2.13. The standard InChI is InChI=1S/C22H33N5O3S/c1-5-27(6-2)21(28)25-14-8-16-17-9-15(31-30-22(29)23-3)10-18-20(17)13(11-24-18)7-19(16)26(4)12-14/h9-10,13-14,16,19,24H,5-8,11-12H2,1-4H3,(H,23,29)(H,25,28)/t13?,14-,16?,19+/m0/s1. The maximum absolute atomic E-state index is 12.7. The van der Waals surface area contributed by atoms with Crippen LogP contribution in [0.25, 0.3) is 0 Å². The number of anilines is 1. The molecule has 2 aliphatic heterocycles. The molecule has 31 heavy (non-hydrogen) atoms. The van der Waals surface area contributed by atoms with Gasteiger partial charge in [-0.15, -0.1) is 0 Å². The molecule has 0 spiro atoms. The molecule has 3 aliphatic rings. The normalized spacial score (nSPS) is 26.3. The number of benzene rings is 1. The van der Waals surface area contributed by atoms with Crippen molar-refractivity contribution in [2.24, 2.45) is 0 Å². The zero-order valence-electron chi connectivity index (χ0n) is 18.7. The van der Waals surface area contributed by atoms with Crippen molar-refractivity contribution in [3.8, 4) is 0 Å². The van der Waals surface area contributed by atoms with Crippen LogP contribution in [0.5, 0.6) is 0 Å². The van der Waals surface area contributed by atoms with Crippen molar-refractivity contribution >= 4 is 29.9 Å². The average Bonchev–Trinajstić information content (AvgIpc) is 3.17. The summed E-state index contributed by atoms with van der Waals surface area (Å²) in [6.07, 6.45) is 1.59. The van der Waals surface area contributed by atoms with Gasteiger partial charge in [-0.05, 0) is 57.0 Å². The van der Waals surface area contributed by atoms with Crippen LogP contribution in [0.1, 0.15) is 49.7 Å².